The highest BCUT2D eigenvalue weighted by molar-refractivity contribution is 5.76. The smallest absolute Gasteiger partial charge is 0.222 e. The first-order valence-electron chi connectivity index (χ1n) is 8.83. The van der Waals surface area contributed by atoms with Gasteiger partial charge in [-0.1, -0.05) is 0 Å². The van der Waals surface area contributed by atoms with Crippen molar-refractivity contribution in [3.63, 3.8) is 0 Å². The molecule has 1 amide bonds. The Morgan fingerprint density at radius 3 is 2.52 bits per heavy atom. The van der Waals surface area contributed by atoms with Crippen LogP contribution in [0.2, 0.25) is 0 Å². The highest BCUT2D eigenvalue weighted by atomic mass is 16.2. The van der Waals surface area contributed by atoms with Crippen LogP contribution in [0, 0.1) is 5.92 Å². The Hall–Kier alpha value is -1.69. The third-order valence-electron chi connectivity index (χ3n) is 5.54. The summed E-state index contributed by atoms with van der Waals surface area (Å²) in [4.78, 5) is 25.3. The summed E-state index contributed by atoms with van der Waals surface area (Å²) < 4.78 is 0. The van der Waals surface area contributed by atoms with Crippen LogP contribution in [0.1, 0.15) is 32.1 Å². The van der Waals surface area contributed by atoms with Crippen molar-refractivity contribution in [2.45, 2.75) is 44.2 Å². The lowest BCUT2D eigenvalue weighted by Crippen LogP contribution is -2.49. The van der Waals surface area contributed by atoms with Gasteiger partial charge >= 0.3 is 0 Å². The Labute approximate surface area is 137 Å². The number of nitrogens with zero attached hydrogens (tertiary/aromatic N) is 4. The lowest BCUT2D eigenvalue weighted by atomic mass is 9.89. The minimum Gasteiger partial charge on any atom is -0.352 e. The van der Waals surface area contributed by atoms with Crippen LogP contribution < -0.4 is 10.2 Å². The van der Waals surface area contributed by atoms with Crippen molar-refractivity contribution in [1.29, 1.82) is 0 Å². The number of aromatic nitrogens is 2. The molecule has 3 saturated heterocycles. The van der Waals surface area contributed by atoms with Crippen molar-refractivity contribution in [2.24, 2.45) is 5.92 Å². The molecule has 2 bridgehead atoms. The lowest BCUT2D eigenvalue weighted by Gasteiger charge is -2.36. The van der Waals surface area contributed by atoms with Crippen molar-refractivity contribution in [1.82, 2.24) is 20.2 Å². The minimum absolute atomic E-state index is 0.343. The number of anilines is 1. The molecule has 0 radical (unpaired) electrons. The molecule has 1 aromatic rings. The number of piperazine rings is 1. The Bertz CT molecular complexity index is 531. The molecule has 0 aromatic carbocycles. The summed E-state index contributed by atoms with van der Waals surface area (Å²) in [6.07, 6.45) is 10.9. The number of rotatable bonds is 3. The number of hydrogen-bond acceptors (Lipinski definition) is 5. The summed E-state index contributed by atoms with van der Waals surface area (Å²) in [5, 5.41) is 3.65. The van der Waals surface area contributed by atoms with Crippen molar-refractivity contribution in [2.75, 3.05) is 31.1 Å². The molecule has 124 valence electrons. The molecule has 4 rings (SSSR count). The van der Waals surface area contributed by atoms with E-state index < -0.39 is 0 Å². The molecular weight excluding hydrogens is 290 g/mol. The molecule has 3 fully saturated rings. The van der Waals surface area contributed by atoms with Crippen LogP contribution in [0.15, 0.2) is 18.6 Å². The zero-order valence-electron chi connectivity index (χ0n) is 13.5. The maximum atomic E-state index is 12.6. The largest absolute Gasteiger partial charge is 0.352 e. The van der Waals surface area contributed by atoms with Gasteiger partial charge in [0.1, 0.15) is 5.82 Å². The molecule has 3 aliphatic heterocycles. The van der Waals surface area contributed by atoms with Crippen molar-refractivity contribution < 1.29 is 4.79 Å². The number of hydrogen-bond donors (Lipinski definition) is 1. The van der Waals surface area contributed by atoms with Crippen LogP contribution >= 0.6 is 0 Å². The molecule has 1 aromatic heterocycles. The van der Waals surface area contributed by atoms with Crippen LogP contribution in [-0.2, 0) is 4.79 Å². The third-order valence-corrected chi connectivity index (χ3v) is 5.54. The normalized spacial score (nSPS) is 30.5. The summed E-state index contributed by atoms with van der Waals surface area (Å²) in [6.45, 7) is 3.30. The van der Waals surface area contributed by atoms with E-state index in [2.05, 4.69) is 20.2 Å². The van der Waals surface area contributed by atoms with Crippen molar-refractivity contribution in [3.05, 3.63) is 18.6 Å². The van der Waals surface area contributed by atoms with Gasteiger partial charge in [0.2, 0.25) is 5.91 Å². The van der Waals surface area contributed by atoms with Gasteiger partial charge in [-0.05, 0) is 31.6 Å². The van der Waals surface area contributed by atoms with Crippen LogP contribution in [-0.4, -0.2) is 59.0 Å². The number of nitrogens with one attached hydrogen (secondary N) is 1. The molecule has 2 unspecified atom stereocenters. The van der Waals surface area contributed by atoms with Crippen LogP contribution in [0.4, 0.5) is 5.82 Å². The van der Waals surface area contributed by atoms with E-state index in [1.807, 2.05) is 4.90 Å². The average molecular weight is 315 g/mol. The highest BCUT2D eigenvalue weighted by Crippen LogP contribution is 2.33. The number of fused-ring (bicyclic) bond motifs is 2. The van der Waals surface area contributed by atoms with Gasteiger partial charge in [-0.2, -0.15) is 0 Å². The zero-order valence-corrected chi connectivity index (χ0v) is 13.5. The van der Waals surface area contributed by atoms with E-state index in [4.69, 9.17) is 0 Å². The lowest BCUT2D eigenvalue weighted by molar-refractivity contribution is -0.132. The molecule has 0 saturated carbocycles. The zero-order chi connectivity index (χ0) is 15.6. The van der Waals surface area contributed by atoms with Gasteiger partial charge in [-0.3, -0.25) is 9.78 Å². The maximum absolute atomic E-state index is 12.6. The molecule has 3 aliphatic rings. The topological polar surface area (TPSA) is 61.4 Å². The minimum atomic E-state index is 0.343. The SMILES string of the molecule is O=C(CC1CC2CCC(C1)N2)N1CCN(c2cnccn2)CC1. The van der Waals surface area contributed by atoms with E-state index in [0.717, 1.165) is 38.4 Å². The fourth-order valence-corrected chi connectivity index (χ4v) is 4.36. The second-order valence-electron chi connectivity index (χ2n) is 7.11. The van der Waals surface area contributed by atoms with E-state index >= 15 is 0 Å². The summed E-state index contributed by atoms with van der Waals surface area (Å²) in [5.74, 6) is 1.84. The average Bonchev–Trinajstić information content (AvgIpc) is 2.94. The maximum Gasteiger partial charge on any atom is 0.222 e. The number of piperidine rings is 1. The Kier molecular flexibility index (Phi) is 4.16. The standard InChI is InChI=1S/C17H25N5O/c23-17(11-13-9-14-1-2-15(10-13)20-14)22-7-5-21(6-8-22)16-12-18-3-4-19-16/h3-4,12-15,20H,1-2,5-11H2. The molecule has 0 aliphatic carbocycles. The Morgan fingerprint density at radius 1 is 1.13 bits per heavy atom. The fraction of sp³-hybridized carbons (Fsp3) is 0.706. The predicted octanol–water partition coefficient (Wildman–Crippen LogP) is 1.05. The van der Waals surface area contributed by atoms with Gasteiger partial charge in [0.05, 0.1) is 6.20 Å². The molecule has 6 heteroatoms. The first kappa shape index (κ1) is 14.9. The first-order chi connectivity index (χ1) is 11.3. The van der Waals surface area contributed by atoms with Crippen molar-refractivity contribution >= 4 is 11.7 Å². The Balaban J connectivity index is 1.27. The van der Waals surface area contributed by atoms with Crippen LogP contribution in [0.5, 0.6) is 0 Å². The number of carbonyl (C=O) groups excluding carboxylic acids is 1. The van der Waals surface area contributed by atoms with Gasteiger partial charge in [-0.15, -0.1) is 0 Å². The molecule has 6 nitrogen and oxygen atoms in total. The predicted molar refractivity (Wildman–Crippen MR) is 88.1 cm³/mol. The molecule has 1 N–H and O–H groups in total. The summed E-state index contributed by atoms with van der Waals surface area (Å²) >= 11 is 0. The van der Waals surface area contributed by atoms with E-state index in [-0.39, 0.29) is 0 Å². The molecule has 23 heavy (non-hydrogen) atoms. The monoisotopic (exact) mass is 315 g/mol. The van der Waals surface area contributed by atoms with Gasteiger partial charge < -0.3 is 15.1 Å². The number of amides is 1. The van der Waals surface area contributed by atoms with Gasteiger partial charge in [-0.25, -0.2) is 4.98 Å². The van der Waals surface area contributed by atoms with E-state index in [1.165, 1.54) is 25.7 Å². The van der Waals surface area contributed by atoms with Gasteiger partial charge in [0, 0.05) is 57.1 Å². The van der Waals surface area contributed by atoms with Crippen LogP contribution in [0.3, 0.4) is 0 Å². The van der Waals surface area contributed by atoms with Crippen molar-refractivity contribution in [3.8, 4) is 0 Å². The molecule has 2 atom stereocenters. The van der Waals surface area contributed by atoms with E-state index in [9.17, 15) is 4.79 Å². The van der Waals surface area contributed by atoms with Gasteiger partial charge in [0.25, 0.3) is 0 Å². The summed E-state index contributed by atoms with van der Waals surface area (Å²) in [5.41, 5.74) is 0. The first-order valence-corrected chi connectivity index (χ1v) is 8.83. The van der Waals surface area contributed by atoms with E-state index in [0.29, 0.717) is 23.9 Å². The molecular formula is C17H25N5O. The summed E-state index contributed by atoms with van der Waals surface area (Å²) in [6, 6.07) is 1.33. The quantitative estimate of drug-likeness (QED) is 0.903. The fourth-order valence-electron chi connectivity index (χ4n) is 4.36. The second kappa shape index (κ2) is 6.43. The van der Waals surface area contributed by atoms with Crippen LogP contribution in [0.25, 0.3) is 0 Å². The highest BCUT2D eigenvalue weighted by Gasteiger charge is 2.35. The van der Waals surface area contributed by atoms with Gasteiger partial charge in [0.15, 0.2) is 0 Å². The summed E-state index contributed by atoms with van der Waals surface area (Å²) in [7, 11) is 0. The molecule has 0 spiro atoms. The number of carbonyl (C=O) groups is 1. The second-order valence-corrected chi connectivity index (χ2v) is 7.11. The third kappa shape index (κ3) is 3.32. The molecule has 4 heterocycles. The Morgan fingerprint density at radius 2 is 1.87 bits per heavy atom. The van der Waals surface area contributed by atoms with E-state index in [1.54, 1.807) is 18.6 Å².